The molecule has 9 nitrogen and oxygen atoms in total. The molecular formula is C15H20N4O5. The summed E-state index contributed by atoms with van der Waals surface area (Å²) < 4.78 is 17.4. The van der Waals surface area contributed by atoms with Gasteiger partial charge in [0.2, 0.25) is 11.6 Å². The molecule has 0 aliphatic rings. The molecule has 9 heteroatoms. The number of ether oxygens (including phenoxy) is 3. The van der Waals surface area contributed by atoms with Gasteiger partial charge >= 0.3 is 5.69 Å². The van der Waals surface area contributed by atoms with Crippen molar-refractivity contribution in [2.45, 2.75) is 13.5 Å². The summed E-state index contributed by atoms with van der Waals surface area (Å²) in [6, 6.07) is 3.56. The molecule has 1 aromatic carbocycles. The molecule has 0 aliphatic heterocycles. The van der Waals surface area contributed by atoms with Crippen molar-refractivity contribution in [3.8, 4) is 17.2 Å². The minimum atomic E-state index is -0.448. The fourth-order valence-corrected chi connectivity index (χ4v) is 2.55. The van der Waals surface area contributed by atoms with Gasteiger partial charge in [0.25, 0.3) is 0 Å². The van der Waals surface area contributed by atoms with Gasteiger partial charge in [-0.2, -0.15) is 5.10 Å². The molecule has 130 valence electrons. The lowest BCUT2D eigenvalue weighted by atomic mass is 10.1. The molecule has 1 heterocycles. The molecule has 0 amide bonds. The van der Waals surface area contributed by atoms with Crippen LogP contribution in [0.3, 0.4) is 0 Å². The van der Waals surface area contributed by atoms with Gasteiger partial charge in [-0.05, 0) is 19.1 Å². The number of nitrogens with one attached hydrogen (secondary N) is 1. The van der Waals surface area contributed by atoms with Crippen LogP contribution in [0.25, 0.3) is 0 Å². The Balaban J connectivity index is 2.35. The maximum absolute atomic E-state index is 11.2. The molecule has 0 radical (unpaired) electrons. The first-order valence-corrected chi connectivity index (χ1v) is 7.14. The standard InChI is InChI=1S/C15H20N4O5/c1-9-12(19(20)21)15(18(2)17-9)16-8-10-6-7-11(22-3)14(24-5)13(10)23-4/h6-7,16H,8H2,1-5H3. The number of methoxy groups -OCH3 is 3. The minimum absolute atomic E-state index is 0.0445. The van der Waals surface area contributed by atoms with Crippen LogP contribution < -0.4 is 19.5 Å². The number of hydrogen-bond acceptors (Lipinski definition) is 7. The van der Waals surface area contributed by atoms with Gasteiger partial charge in [-0.1, -0.05) is 0 Å². The zero-order valence-electron chi connectivity index (χ0n) is 14.2. The van der Waals surface area contributed by atoms with Crippen molar-refractivity contribution in [2.24, 2.45) is 7.05 Å². The van der Waals surface area contributed by atoms with Crippen molar-refractivity contribution < 1.29 is 19.1 Å². The Morgan fingerprint density at radius 3 is 2.42 bits per heavy atom. The second kappa shape index (κ2) is 7.07. The average Bonchev–Trinajstić information content (AvgIpc) is 2.85. The number of hydrogen-bond donors (Lipinski definition) is 1. The highest BCUT2D eigenvalue weighted by atomic mass is 16.6. The number of benzene rings is 1. The number of nitrogens with zero attached hydrogens (tertiary/aromatic N) is 3. The van der Waals surface area contributed by atoms with Crippen molar-refractivity contribution >= 4 is 11.5 Å². The van der Waals surface area contributed by atoms with Crippen molar-refractivity contribution in [3.63, 3.8) is 0 Å². The number of nitro groups is 1. The Morgan fingerprint density at radius 2 is 1.88 bits per heavy atom. The lowest BCUT2D eigenvalue weighted by Gasteiger charge is -2.16. The Hall–Kier alpha value is -2.97. The number of aryl methyl sites for hydroxylation is 2. The maximum atomic E-state index is 11.2. The second-order valence-corrected chi connectivity index (χ2v) is 5.01. The summed E-state index contributed by atoms with van der Waals surface area (Å²) in [4.78, 5) is 10.8. The zero-order chi connectivity index (χ0) is 17.9. The molecule has 1 aromatic heterocycles. The number of rotatable bonds is 7. The minimum Gasteiger partial charge on any atom is -0.493 e. The summed E-state index contributed by atoms with van der Waals surface area (Å²) in [7, 11) is 6.23. The van der Waals surface area contributed by atoms with Gasteiger partial charge < -0.3 is 19.5 Å². The molecule has 0 saturated carbocycles. The molecule has 0 unspecified atom stereocenters. The number of aromatic nitrogens is 2. The molecule has 24 heavy (non-hydrogen) atoms. The van der Waals surface area contributed by atoms with Crippen LogP contribution in [0.1, 0.15) is 11.3 Å². The topological polar surface area (TPSA) is 101 Å². The summed E-state index contributed by atoms with van der Waals surface area (Å²) in [5, 5.41) is 18.4. The maximum Gasteiger partial charge on any atom is 0.333 e. The normalized spacial score (nSPS) is 10.4. The average molecular weight is 336 g/mol. The third-order valence-electron chi connectivity index (χ3n) is 3.61. The van der Waals surface area contributed by atoms with E-state index in [2.05, 4.69) is 10.4 Å². The highest BCUT2D eigenvalue weighted by Crippen LogP contribution is 2.40. The van der Waals surface area contributed by atoms with E-state index in [0.29, 0.717) is 35.3 Å². The van der Waals surface area contributed by atoms with Crippen LogP contribution in [0, 0.1) is 17.0 Å². The first-order valence-electron chi connectivity index (χ1n) is 7.14. The lowest BCUT2D eigenvalue weighted by Crippen LogP contribution is -2.08. The van der Waals surface area contributed by atoms with Gasteiger partial charge in [-0.25, -0.2) is 4.68 Å². The van der Waals surface area contributed by atoms with E-state index in [-0.39, 0.29) is 5.69 Å². The van der Waals surface area contributed by atoms with E-state index in [1.165, 1.54) is 26.0 Å². The van der Waals surface area contributed by atoms with Crippen molar-refractivity contribution in [3.05, 3.63) is 33.5 Å². The third kappa shape index (κ3) is 3.05. The van der Waals surface area contributed by atoms with Crippen molar-refractivity contribution in [2.75, 3.05) is 26.6 Å². The summed E-state index contributed by atoms with van der Waals surface area (Å²) in [5.74, 6) is 1.84. The molecular weight excluding hydrogens is 316 g/mol. The van der Waals surface area contributed by atoms with E-state index in [1.54, 1.807) is 20.0 Å². The Bertz CT molecular complexity index is 757. The quantitative estimate of drug-likeness (QED) is 0.611. The molecule has 1 N–H and O–H groups in total. The van der Waals surface area contributed by atoms with Crippen molar-refractivity contribution in [1.29, 1.82) is 0 Å². The molecule has 0 bridgehead atoms. The van der Waals surface area contributed by atoms with Crippen LogP contribution in [0.2, 0.25) is 0 Å². The van der Waals surface area contributed by atoms with Crippen LogP contribution in [0.15, 0.2) is 12.1 Å². The Morgan fingerprint density at radius 1 is 1.21 bits per heavy atom. The summed E-state index contributed by atoms with van der Waals surface area (Å²) >= 11 is 0. The van der Waals surface area contributed by atoms with Crippen LogP contribution in [0.4, 0.5) is 11.5 Å². The van der Waals surface area contributed by atoms with Gasteiger partial charge in [0.1, 0.15) is 5.69 Å². The van der Waals surface area contributed by atoms with Gasteiger partial charge in [-0.15, -0.1) is 0 Å². The molecule has 0 atom stereocenters. The smallest absolute Gasteiger partial charge is 0.333 e. The number of anilines is 1. The second-order valence-electron chi connectivity index (χ2n) is 5.01. The van der Waals surface area contributed by atoms with Gasteiger partial charge in [0, 0.05) is 19.2 Å². The third-order valence-corrected chi connectivity index (χ3v) is 3.61. The summed E-state index contributed by atoms with van der Waals surface area (Å²) in [6.45, 7) is 1.89. The summed E-state index contributed by atoms with van der Waals surface area (Å²) in [5.41, 5.74) is 1.07. The largest absolute Gasteiger partial charge is 0.493 e. The van der Waals surface area contributed by atoms with E-state index in [9.17, 15) is 10.1 Å². The lowest BCUT2D eigenvalue weighted by molar-refractivity contribution is -0.384. The molecule has 0 saturated heterocycles. The monoisotopic (exact) mass is 336 g/mol. The SMILES string of the molecule is COc1ccc(CNc2c([N+](=O)[O-])c(C)nn2C)c(OC)c1OC. The van der Waals surface area contributed by atoms with E-state index < -0.39 is 4.92 Å². The van der Waals surface area contributed by atoms with Crippen LogP contribution in [-0.2, 0) is 13.6 Å². The highest BCUT2D eigenvalue weighted by Gasteiger charge is 2.24. The van der Waals surface area contributed by atoms with Gasteiger partial charge in [0.15, 0.2) is 11.5 Å². The highest BCUT2D eigenvalue weighted by molar-refractivity contribution is 5.61. The van der Waals surface area contributed by atoms with E-state index in [0.717, 1.165) is 5.56 Å². The van der Waals surface area contributed by atoms with Crippen molar-refractivity contribution in [1.82, 2.24) is 9.78 Å². The predicted molar refractivity (Wildman–Crippen MR) is 88.0 cm³/mol. The van der Waals surface area contributed by atoms with Gasteiger partial charge in [-0.3, -0.25) is 10.1 Å². The van der Waals surface area contributed by atoms with E-state index in [1.807, 2.05) is 6.07 Å². The first-order chi connectivity index (χ1) is 11.4. The molecule has 2 rings (SSSR count). The molecule has 2 aromatic rings. The van der Waals surface area contributed by atoms with Gasteiger partial charge in [0.05, 0.1) is 26.3 Å². The van der Waals surface area contributed by atoms with E-state index >= 15 is 0 Å². The fourth-order valence-electron chi connectivity index (χ4n) is 2.55. The Labute approximate surface area is 139 Å². The molecule has 0 aliphatic carbocycles. The summed E-state index contributed by atoms with van der Waals surface area (Å²) in [6.07, 6.45) is 0. The van der Waals surface area contributed by atoms with E-state index in [4.69, 9.17) is 14.2 Å². The molecule has 0 spiro atoms. The van der Waals surface area contributed by atoms with Crippen LogP contribution in [0.5, 0.6) is 17.2 Å². The molecule has 0 fully saturated rings. The van der Waals surface area contributed by atoms with Crippen LogP contribution in [-0.4, -0.2) is 36.0 Å². The predicted octanol–water partition coefficient (Wildman–Crippen LogP) is 2.27. The first kappa shape index (κ1) is 17.4. The zero-order valence-corrected chi connectivity index (χ0v) is 14.2. The van der Waals surface area contributed by atoms with Crippen LogP contribution >= 0.6 is 0 Å². The fraction of sp³-hybridized carbons (Fsp3) is 0.400. The Kier molecular flexibility index (Phi) is 5.12.